The fourth-order valence-electron chi connectivity index (χ4n) is 3.13. The van der Waals surface area contributed by atoms with E-state index >= 15 is 0 Å². The summed E-state index contributed by atoms with van der Waals surface area (Å²) in [6.45, 7) is 6.25. The van der Waals surface area contributed by atoms with Gasteiger partial charge < -0.3 is 14.4 Å². The number of benzene rings is 1. The molecule has 0 radical (unpaired) electrons. The van der Waals surface area contributed by atoms with E-state index in [9.17, 15) is 18.7 Å². The number of amides is 1. The van der Waals surface area contributed by atoms with Gasteiger partial charge in [-0.05, 0) is 39.8 Å². The van der Waals surface area contributed by atoms with E-state index in [4.69, 9.17) is 4.74 Å². The molecule has 1 heterocycles. The lowest BCUT2D eigenvalue weighted by molar-refractivity contribution is 0.00740. The minimum absolute atomic E-state index is 0.106. The summed E-state index contributed by atoms with van der Waals surface area (Å²) in [5, 5.41) is 10.9. The van der Waals surface area contributed by atoms with Crippen LogP contribution < -0.4 is 0 Å². The fraction of sp³-hybridized carbons (Fsp3) is 0.500. The Morgan fingerprint density at radius 2 is 2.00 bits per heavy atom. The first-order valence-electron chi connectivity index (χ1n) is 8.05. The van der Waals surface area contributed by atoms with E-state index in [1.54, 1.807) is 39.8 Å². The van der Waals surface area contributed by atoms with E-state index < -0.39 is 30.7 Å². The SMILES string of the molecule is CC(c1cn(C)c2cccc(O)c12)N(C(=O)OCC(F)F)C(C)(C)C. The molecule has 0 aliphatic carbocycles. The molecule has 1 amide bonds. The van der Waals surface area contributed by atoms with Gasteiger partial charge in [-0.1, -0.05) is 6.07 Å². The second kappa shape index (κ2) is 6.90. The Morgan fingerprint density at radius 1 is 1.36 bits per heavy atom. The van der Waals surface area contributed by atoms with E-state index in [0.717, 1.165) is 11.1 Å². The maximum absolute atomic E-state index is 12.4. The number of alkyl halides is 2. The molecule has 25 heavy (non-hydrogen) atoms. The molecule has 0 fully saturated rings. The predicted molar refractivity (Wildman–Crippen MR) is 91.9 cm³/mol. The molecule has 5 nitrogen and oxygen atoms in total. The number of carbonyl (C=O) groups excluding carboxylic acids is 1. The number of phenols is 1. The summed E-state index contributed by atoms with van der Waals surface area (Å²) in [5.74, 6) is 0.106. The number of rotatable bonds is 4. The summed E-state index contributed by atoms with van der Waals surface area (Å²) in [4.78, 5) is 13.9. The second-order valence-electron chi connectivity index (χ2n) is 7.05. The molecule has 138 valence electrons. The number of aromatic nitrogens is 1. The molecule has 1 aromatic heterocycles. The van der Waals surface area contributed by atoms with Crippen LogP contribution in [0.15, 0.2) is 24.4 Å². The highest BCUT2D eigenvalue weighted by atomic mass is 19.3. The van der Waals surface area contributed by atoms with Crippen molar-refractivity contribution in [2.45, 2.75) is 45.7 Å². The Labute approximate surface area is 145 Å². The maximum atomic E-state index is 12.4. The number of aryl methyl sites for hydroxylation is 1. The Kier molecular flexibility index (Phi) is 5.25. The van der Waals surface area contributed by atoms with Gasteiger partial charge in [0.1, 0.15) is 5.75 Å². The molecule has 1 atom stereocenters. The number of hydrogen-bond acceptors (Lipinski definition) is 3. The van der Waals surface area contributed by atoms with Gasteiger partial charge in [0.2, 0.25) is 0 Å². The van der Waals surface area contributed by atoms with E-state index in [-0.39, 0.29) is 5.75 Å². The van der Waals surface area contributed by atoms with Crippen molar-refractivity contribution < 1.29 is 23.4 Å². The third-order valence-electron chi connectivity index (χ3n) is 4.11. The summed E-state index contributed by atoms with van der Waals surface area (Å²) in [7, 11) is 1.84. The summed E-state index contributed by atoms with van der Waals surface area (Å²) in [6, 6.07) is 4.70. The molecule has 0 aliphatic heterocycles. The molecular weight excluding hydrogens is 330 g/mol. The van der Waals surface area contributed by atoms with E-state index in [0.29, 0.717) is 5.39 Å². The minimum Gasteiger partial charge on any atom is -0.507 e. The average molecular weight is 354 g/mol. The molecule has 0 spiro atoms. The number of ether oxygens (including phenoxy) is 1. The molecule has 0 bridgehead atoms. The number of carbonyl (C=O) groups is 1. The Hall–Kier alpha value is -2.31. The van der Waals surface area contributed by atoms with Crippen LogP contribution in [0, 0.1) is 0 Å². The molecule has 0 saturated carbocycles. The molecule has 1 unspecified atom stereocenters. The van der Waals surface area contributed by atoms with Crippen molar-refractivity contribution in [2.24, 2.45) is 7.05 Å². The third kappa shape index (κ3) is 3.86. The van der Waals surface area contributed by atoms with Crippen molar-refractivity contribution in [1.29, 1.82) is 0 Å². The number of halogens is 2. The van der Waals surface area contributed by atoms with Crippen LogP contribution in [0.4, 0.5) is 13.6 Å². The third-order valence-corrected chi connectivity index (χ3v) is 4.11. The zero-order chi connectivity index (χ0) is 18.9. The van der Waals surface area contributed by atoms with Crippen molar-refractivity contribution in [1.82, 2.24) is 9.47 Å². The minimum atomic E-state index is -2.72. The van der Waals surface area contributed by atoms with Crippen molar-refractivity contribution in [2.75, 3.05) is 6.61 Å². The summed E-state index contributed by atoms with van der Waals surface area (Å²) >= 11 is 0. The summed E-state index contributed by atoms with van der Waals surface area (Å²) in [5.41, 5.74) is 0.877. The van der Waals surface area contributed by atoms with Crippen LogP contribution in [-0.2, 0) is 11.8 Å². The lowest BCUT2D eigenvalue weighted by Gasteiger charge is -2.39. The van der Waals surface area contributed by atoms with Gasteiger partial charge in [-0.2, -0.15) is 0 Å². The molecule has 2 rings (SSSR count). The highest BCUT2D eigenvalue weighted by Crippen LogP contribution is 2.37. The van der Waals surface area contributed by atoms with E-state index in [2.05, 4.69) is 0 Å². The number of fused-ring (bicyclic) bond motifs is 1. The van der Waals surface area contributed by atoms with E-state index in [1.165, 1.54) is 4.90 Å². The standard InChI is InChI=1S/C18H24F2N2O3/c1-11(22(18(2,3)4)17(24)25-10-15(19)20)12-9-21(5)13-7-6-8-14(23)16(12)13/h6-9,11,15,23H,10H2,1-5H3. The van der Waals surface area contributed by atoms with Gasteiger partial charge >= 0.3 is 6.09 Å². The van der Waals surface area contributed by atoms with Crippen molar-refractivity contribution in [3.8, 4) is 5.75 Å². The van der Waals surface area contributed by atoms with Gasteiger partial charge in [0.05, 0.1) is 11.6 Å². The van der Waals surface area contributed by atoms with Gasteiger partial charge in [0.25, 0.3) is 6.43 Å². The number of phenolic OH excluding ortho intramolecular Hbond substituents is 1. The highest BCUT2D eigenvalue weighted by Gasteiger charge is 2.35. The Bertz CT molecular complexity index is 766. The molecule has 0 aliphatic rings. The van der Waals surface area contributed by atoms with Gasteiger partial charge in [0, 0.05) is 29.7 Å². The number of nitrogens with zero attached hydrogens (tertiary/aromatic N) is 2. The Morgan fingerprint density at radius 3 is 2.56 bits per heavy atom. The van der Waals surface area contributed by atoms with Gasteiger partial charge in [-0.15, -0.1) is 0 Å². The van der Waals surface area contributed by atoms with Gasteiger partial charge in [0.15, 0.2) is 6.61 Å². The topological polar surface area (TPSA) is 54.7 Å². The molecule has 1 aromatic carbocycles. The van der Waals surface area contributed by atoms with Crippen LogP contribution in [0.2, 0.25) is 0 Å². The number of aromatic hydroxyl groups is 1. The first-order chi connectivity index (χ1) is 11.5. The van der Waals surface area contributed by atoms with Crippen LogP contribution in [0.1, 0.15) is 39.3 Å². The fourth-order valence-corrected chi connectivity index (χ4v) is 3.13. The van der Waals surface area contributed by atoms with Gasteiger partial charge in [-0.25, -0.2) is 13.6 Å². The summed E-state index contributed by atoms with van der Waals surface area (Å²) in [6.07, 6.45) is -1.70. The van der Waals surface area contributed by atoms with Crippen LogP contribution >= 0.6 is 0 Å². The van der Waals surface area contributed by atoms with Crippen LogP contribution in [0.5, 0.6) is 5.75 Å². The smallest absolute Gasteiger partial charge is 0.410 e. The first-order valence-corrected chi connectivity index (χ1v) is 8.05. The lowest BCUT2D eigenvalue weighted by Crippen LogP contribution is -2.47. The zero-order valence-corrected chi connectivity index (χ0v) is 15.1. The zero-order valence-electron chi connectivity index (χ0n) is 15.1. The molecule has 2 aromatic rings. The second-order valence-corrected chi connectivity index (χ2v) is 7.05. The first kappa shape index (κ1) is 19.0. The predicted octanol–water partition coefficient (Wildman–Crippen LogP) is 4.45. The average Bonchev–Trinajstić information content (AvgIpc) is 2.82. The summed E-state index contributed by atoms with van der Waals surface area (Å²) < 4.78 is 31.4. The van der Waals surface area contributed by atoms with E-state index in [1.807, 2.05) is 23.9 Å². The van der Waals surface area contributed by atoms with Crippen LogP contribution in [-0.4, -0.2) is 39.2 Å². The number of hydrogen-bond donors (Lipinski definition) is 1. The van der Waals surface area contributed by atoms with Crippen molar-refractivity contribution in [3.05, 3.63) is 30.0 Å². The molecule has 1 N–H and O–H groups in total. The molecule has 7 heteroatoms. The van der Waals surface area contributed by atoms with Crippen molar-refractivity contribution >= 4 is 17.0 Å². The monoisotopic (exact) mass is 354 g/mol. The van der Waals surface area contributed by atoms with Crippen molar-refractivity contribution in [3.63, 3.8) is 0 Å². The largest absolute Gasteiger partial charge is 0.507 e. The lowest BCUT2D eigenvalue weighted by atomic mass is 9.99. The maximum Gasteiger partial charge on any atom is 0.410 e. The highest BCUT2D eigenvalue weighted by molar-refractivity contribution is 5.90. The quantitative estimate of drug-likeness (QED) is 0.883. The van der Waals surface area contributed by atoms with Crippen LogP contribution in [0.25, 0.3) is 10.9 Å². The Balaban J connectivity index is 2.47. The normalized spacial score (nSPS) is 13.3. The molecule has 0 saturated heterocycles. The van der Waals surface area contributed by atoms with Crippen LogP contribution in [0.3, 0.4) is 0 Å². The molecular formula is C18H24F2N2O3. The van der Waals surface area contributed by atoms with Gasteiger partial charge in [-0.3, -0.25) is 4.90 Å².